The highest BCUT2D eigenvalue weighted by atomic mass is 127. The zero-order chi connectivity index (χ0) is 10.3. The molecule has 1 aromatic carbocycles. The maximum Gasteiger partial charge on any atom is 0.177 e. The standard InChI is InChI=1S/C11H9IO2/c1-11(6-12)9(13)7-4-2-3-5-8(7)10(11)14/h2-5H,6H2,1H3. The molecule has 72 valence electrons. The second kappa shape index (κ2) is 3.15. The molecule has 2 nitrogen and oxygen atoms in total. The third-order valence-electron chi connectivity index (χ3n) is 2.69. The molecule has 0 spiro atoms. The first-order chi connectivity index (χ1) is 6.61. The van der Waals surface area contributed by atoms with Gasteiger partial charge in [0.05, 0.1) is 0 Å². The highest BCUT2D eigenvalue weighted by Crippen LogP contribution is 2.37. The van der Waals surface area contributed by atoms with Crippen molar-refractivity contribution in [2.45, 2.75) is 6.92 Å². The van der Waals surface area contributed by atoms with Gasteiger partial charge in [0, 0.05) is 15.6 Å². The Kier molecular flexibility index (Phi) is 2.21. The first-order valence-corrected chi connectivity index (χ1v) is 5.88. The molecule has 0 bridgehead atoms. The van der Waals surface area contributed by atoms with E-state index in [-0.39, 0.29) is 11.6 Å². The van der Waals surface area contributed by atoms with Crippen molar-refractivity contribution in [1.29, 1.82) is 0 Å². The second-order valence-corrected chi connectivity index (χ2v) is 4.43. The van der Waals surface area contributed by atoms with E-state index in [4.69, 9.17) is 0 Å². The zero-order valence-electron chi connectivity index (χ0n) is 7.71. The van der Waals surface area contributed by atoms with Crippen molar-refractivity contribution in [3.8, 4) is 0 Å². The first kappa shape index (κ1) is 9.83. The number of carbonyl (C=O) groups is 2. The summed E-state index contributed by atoms with van der Waals surface area (Å²) < 4.78 is 0.539. The molecule has 14 heavy (non-hydrogen) atoms. The minimum absolute atomic E-state index is 0.0347. The fourth-order valence-electron chi connectivity index (χ4n) is 1.70. The van der Waals surface area contributed by atoms with Crippen LogP contribution in [0.2, 0.25) is 0 Å². The van der Waals surface area contributed by atoms with Gasteiger partial charge in [-0.15, -0.1) is 0 Å². The lowest BCUT2D eigenvalue weighted by atomic mass is 9.88. The quantitative estimate of drug-likeness (QED) is 0.454. The van der Waals surface area contributed by atoms with Crippen LogP contribution in [0, 0.1) is 5.41 Å². The number of rotatable bonds is 1. The van der Waals surface area contributed by atoms with Crippen LogP contribution in [0.15, 0.2) is 24.3 Å². The number of Topliss-reactive ketones (excluding diaryl/α,β-unsaturated/α-hetero) is 2. The minimum Gasteiger partial charge on any atom is -0.293 e. The molecule has 0 atom stereocenters. The lowest BCUT2D eigenvalue weighted by molar-refractivity contribution is 0.0756. The Morgan fingerprint density at radius 3 is 1.93 bits per heavy atom. The Bertz CT molecular complexity index is 388. The van der Waals surface area contributed by atoms with Gasteiger partial charge in [-0.3, -0.25) is 9.59 Å². The average molecular weight is 300 g/mol. The Labute approximate surface area is 95.8 Å². The molecular formula is C11H9IO2. The molecule has 0 amide bonds. The van der Waals surface area contributed by atoms with Crippen LogP contribution in [0.3, 0.4) is 0 Å². The van der Waals surface area contributed by atoms with Crippen LogP contribution in [0.5, 0.6) is 0 Å². The van der Waals surface area contributed by atoms with Gasteiger partial charge in [-0.2, -0.15) is 0 Å². The third-order valence-corrected chi connectivity index (χ3v) is 4.21. The fraction of sp³-hybridized carbons (Fsp3) is 0.273. The summed E-state index contributed by atoms with van der Waals surface area (Å²) in [5, 5.41) is 0. The fourth-order valence-corrected chi connectivity index (χ4v) is 2.39. The van der Waals surface area contributed by atoms with Gasteiger partial charge in [0.25, 0.3) is 0 Å². The largest absolute Gasteiger partial charge is 0.293 e. The maximum atomic E-state index is 11.9. The molecule has 3 heteroatoms. The molecule has 1 aliphatic rings. The summed E-state index contributed by atoms with van der Waals surface area (Å²) in [6, 6.07) is 7.05. The molecule has 1 aromatic rings. The van der Waals surface area contributed by atoms with Crippen LogP contribution in [0.4, 0.5) is 0 Å². The van der Waals surface area contributed by atoms with Gasteiger partial charge in [-0.1, -0.05) is 46.9 Å². The number of halogens is 1. The summed E-state index contributed by atoms with van der Waals surface area (Å²) in [6.45, 7) is 1.73. The van der Waals surface area contributed by atoms with E-state index < -0.39 is 5.41 Å². The van der Waals surface area contributed by atoms with Crippen molar-refractivity contribution in [1.82, 2.24) is 0 Å². The SMILES string of the molecule is CC1(CI)C(=O)c2ccccc2C1=O. The summed E-state index contributed by atoms with van der Waals surface area (Å²) in [7, 11) is 0. The van der Waals surface area contributed by atoms with E-state index in [1.54, 1.807) is 31.2 Å². The van der Waals surface area contributed by atoms with Gasteiger partial charge in [-0.05, 0) is 6.92 Å². The molecule has 2 rings (SSSR count). The topological polar surface area (TPSA) is 34.1 Å². The monoisotopic (exact) mass is 300 g/mol. The zero-order valence-corrected chi connectivity index (χ0v) is 9.87. The molecule has 0 aromatic heterocycles. The first-order valence-electron chi connectivity index (χ1n) is 4.36. The van der Waals surface area contributed by atoms with Crippen LogP contribution in [0.25, 0.3) is 0 Å². The van der Waals surface area contributed by atoms with Crippen LogP contribution in [-0.2, 0) is 0 Å². The third kappa shape index (κ3) is 1.08. The summed E-state index contributed by atoms with van der Waals surface area (Å²) in [6.07, 6.45) is 0. The molecule has 0 unspecified atom stereocenters. The van der Waals surface area contributed by atoms with E-state index in [2.05, 4.69) is 22.6 Å². The Hall–Kier alpha value is -0.710. The van der Waals surface area contributed by atoms with Gasteiger partial charge in [-0.25, -0.2) is 0 Å². The van der Waals surface area contributed by atoms with Crippen molar-refractivity contribution >= 4 is 34.2 Å². The summed E-state index contributed by atoms with van der Waals surface area (Å²) in [5.41, 5.74) is 0.331. The highest BCUT2D eigenvalue weighted by molar-refractivity contribution is 14.1. The average Bonchev–Trinajstić information content (AvgIpc) is 2.43. The molecular weight excluding hydrogens is 291 g/mol. The minimum atomic E-state index is -0.829. The second-order valence-electron chi connectivity index (χ2n) is 3.67. The number of hydrogen-bond acceptors (Lipinski definition) is 2. The number of carbonyl (C=O) groups excluding carboxylic acids is 2. The molecule has 0 N–H and O–H groups in total. The summed E-state index contributed by atoms with van der Waals surface area (Å²) >= 11 is 2.09. The van der Waals surface area contributed by atoms with Gasteiger partial charge in [0.15, 0.2) is 11.6 Å². The molecule has 0 radical (unpaired) electrons. The molecule has 0 heterocycles. The van der Waals surface area contributed by atoms with Crippen LogP contribution < -0.4 is 0 Å². The highest BCUT2D eigenvalue weighted by Gasteiger charge is 2.48. The van der Waals surface area contributed by atoms with Crippen LogP contribution >= 0.6 is 22.6 Å². The summed E-state index contributed by atoms with van der Waals surface area (Å²) in [5.74, 6) is -0.0694. The number of fused-ring (bicyclic) bond motifs is 1. The van der Waals surface area contributed by atoms with Gasteiger partial charge >= 0.3 is 0 Å². The number of benzene rings is 1. The predicted molar refractivity (Wildman–Crippen MR) is 62.1 cm³/mol. The van der Waals surface area contributed by atoms with E-state index in [9.17, 15) is 9.59 Å². The van der Waals surface area contributed by atoms with Crippen molar-refractivity contribution in [2.75, 3.05) is 4.43 Å². The molecule has 0 fully saturated rings. The lowest BCUT2D eigenvalue weighted by Gasteiger charge is -2.15. The van der Waals surface area contributed by atoms with E-state index in [1.165, 1.54) is 0 Å². The van der Waals surface area contributed by atoms with E-state index >= 15 is 0 Å². The molecule has 0 saturated heterocycles. The normalized spacial score (nSPS) is 18.4. The van der Waals surface area contributed by atoms with Crippen molar-refractivity contribution in [3.63, 3.8) is 0 Å². The lowest BCUT2D eigenvalue weighted by Crippen LogP contribution is -2.31. The Morgan fingerprint density at radius 1 is 1.14 bits per heavy atom. The van der Waals surface area contributed by atoms with E-state index in [0.29, 0.717) is 15.6 Å². The molecule has 0 aliphatic heterocycles. The van der Waals surface area contributed by atoms with Gasteiger partial charge < -0.3 is 0 Å². The maximum absolute atomic E-state index is 11.9. The van der Waals surface area contributed by atoms with Gasteiger partial charge in [0.2, 0.25) is 0 Å². The van der Waals surface area contributed by atoms with E-state index in [1.807, 2.05) is 0 Å². The van der Waals surface area contributed by atoms with Crippen LogP contribution in [0.1, 0.15) is 27.6 Å². The molecule has 0 saturated carbocycles. The van der Waals surface area contributed by atoms with E-state index in [0.717, 1.165) is 0 Å². The van der Waals surface area contributed by atoms with Gasteiger partial charge in [0.1, 0.15) is 5.41 Å². The summed E-state index contributed by atoms with van der Waals surface area (Å²) in [4.78, 5) is 23.9. The Morgan fingerprint density at radius 2 is 1.57 bits per heavy atom. The van der Waals surface area contributed by atoms with Crippen molar-refractivity contribution in [3.05, 3.63) is 35.4 Å². The number of ketones is 2. The van der Waals surface area contributed by atoms with Crippen molar-refractivity contribution < 1.29 is 9.59 Å². The predicted octanol–water partition coefficient (Wildman–Crippen LogP) is 2.51. The van der Waals surface area contributed by atoms with Crippen molar-refractivity contribution in [2.24, 2.45) is 5.41 Å². The number of hydrogen-bond donors (Lipinski definition) is 0. The van der Waals surface area contributed by atoms with Crippen LogP contribution in [-0.4, -0.2) is 16.0 Å². The Balaban J connectivity index is 2.65. The number of alkyl halides is 1. The smallest absolute Gasteiger partial charge is 0.177 e. The molecule has 1 aliphatic carbocycles.